The van der Waals surface area contributed by atoms with Gasteiger partial charge in [0.1, 0.15) is 12.0 Å². The van der Waals surface area contributed by atoms with E-state index in [1.165, 1.54) is 19.8 Å². The van der Waals surface area contributed by atoms with E-state index in [1.54, 1.807) is 18.7 Å². The zero-order valence-corrected chi connectivity index (χ0v) is 18.5. The molecule has 0 radical (unpaired) electrons. The van der Waals surface area contributed by atoms with Gasteiger partial charge in [-0.05, 0) is 25.3 Å². The highest BCUT2D eigenvalue weighted by molar-refractivity contribution is 5.73. The first-order chi connectivity index (χ1) is 15.7. The number of pyridine rings is 1. The summed E-state index contributed by atoms with van der Waals surface area (Å²) in [6.45, 7) is 4.11. The van der Waals surface area contributed by atoms with E-state index in [4.69, 9.17) is 9.97 Å². The van der Waals surface area contributed by atoms with Crippen molar-refractivity contribution >= 4 is 11.7 Å². The number of fused-ring (bicyclic) bond motifs is 3. The predicted molar refractivity (Wildman–Crippen MR) is 120 cm³/mol. The van der Waals surface area contributed by atoms with Crippen molar-refractivity contribution in [1.82, 2.24) is 35.0 Å². The molecular formula is C23H28N8O. The number of hydrogen-bond acceptors (Lipinski definition) is 7. The van der Waals surface area contributed by atoms with E-state index in [-0.39, 0.29) is 11.9 Å². The van der Waals surface area contributed by atoms with Crippen LogP contribution in [-0.4, -0.2) is 41.7 Å². The molecule has 9 nitrogen and oxygen atoms in total. The van der Waals surface area contributed by atoms with Crippen molar-refractivity contribution in [2.24, 2.45) is 0 Å². The molecule has 1 N–H and O–H groups in total. The molecule has 1 aliphatic carbocycles. The van der Waals surface area contributed by atoms with E-state index < -0.39 is 0 Å². The van der Waals surface area contributed by atoms with Crippen molar-refractivity contribution < 1.29 is 4.79 Å². The molecular weight excluding hydrogens is 404 g/mol. The smallest absolute Gasteiger partial charge is 0.217 e. The molecule has 3 aromatic heterocycles. The van der Waals surface area contributed by atoms with Crippen molar-refractivity contribution in [1.29, 1.82) is 0 Å². The summed E-state index contributed by atoms with van der Waals surface area (Å²) in [7, 11) is 0. The zero-order valence-electron chi connectivity index (χ0n) is 18.5. The molecule has 32 heavy (non-hydrogen) atoms. The predicted octanol–water partition coefficient (Wildman–Crippen LogP) is 3.36. The van der Waals surface area contributed by atoms with Gasteiger partial charge in [0.05, 0.1) is 12.2 Å². The minimum Gasteiger partial charge on any atom is -0.352 e. The number of amides is 1. The first kappa shape index (κ1) is 20.5. The molecule has 1 saturated carbocycles. The number of nitrogens with zero attached hydrogens (tertiary/aromatic N) is 7. The van der Waals surface area contributed by atoms with E-state index in [9.17, 15) is 4.79 Å². The minimum absolute atomic E-state index is 0.0823. The maximum absolute atomic E-state index is 11.5. The van der Waals surface area contributed by atoms with Crippen molar-refractivity contribution in [2.75, 3.05) is 4.90 Å². The zero-order chi connectivity index (χ0) is 22.1. The van der Waals surface area contributed by atoms with E-state index in [0.717, 1.165) is 54.1 Å². The number of rotatable bonds is 6. The quantitative estimate of drug-likeness (QED) is 0.637. The van der Waals surface area contributed by atoms with Gasteiger partial charge in [-0.1, -0.05) is 26.2 Å². The highest BCUT2D eigenvalue weighted by atomic mass is 16.1. The van der Waals surface area contributed by atoms with Crippen molar-refractivity contribution in [3.8, 4) is 17.1 Å². The fourth-order valence-electron chi connectivity index (χ4n) is 4.94. The second-order valence-electron chi connectivity index (χ2n) is 8.55. The van der Waals surface area contributed by atoms with Crippen LogP contribution in [0.1, 0.15) is 69.8 Å². The number of carbonyl (C=O) groups excluding carboxylic acids is 1. The standard InChI is InChI=1S/C23H28N8O/c1-3-6-19-23-29-27-14-30(23)20-13-26-21(28-22(20)31(19)17-7-4-5-8-17)18-9-10-24-11-16(18)12-25-15(2)32/h9-11,13-14,17,19H,3-8,12H2,1-2H3,(H,25,32)/t19-/m1/s1. The number of aromatic nitrogens is 6. The molecule has 0 aromatic carbocycles. The maximum atomic E-state index is 11.5. The third-order valence-corrected chi connectivity index (χ3v) is 6.41. The molecule has 0 saturated heterocycles. The van der Waals surface area contributed by atoms with Crippen LogP contribution in [-0.2, 0) is 11.3 Å². The molecule has 5 rings (SSSR count). The van der Waals surface area contributed by atoms with Crippen LogP contribution in [0.5, 0.6) is 0 Å². The highest BCUT2D eigenvalue weighted by Gasteiger charge is 2.39. The Morgan fingerprint density at radius 2 is 2.09 bits per heavy atom. The average molecular weight is 433 g/mol. The Kier molecular flexibility index (Phi) is 5.55. The Morgan fingerprint density at radius 1 is 1.25 bits per heavy atom. The fraction of sp³-hybridized carbons (Fsp3) is 0.478. The van der Waals surface area contributed by atoms with Gasteiger partial charge in [0.2, 0.25) is 5.91 Å². The Balaban J connectivity index is 1.62. The second kappa shape index (κ2) is 8.64. The third kappa shape index (κ3) is 3.61. The van der Waals surface area contributed by atoms with Crippen LogP contribution in [0.4, 0.5) is 5.82 Å². The van der Waals surface area contributed by atoms with Crippen LogP contribution in [0.2, 0.25) is 0 Å². The molecule has 0 spiro atoms. The number of hydrogen-bond donors (Lipinski definition) is 1. The Bertz CT molecular complexity index is 1120. The molecule has 1 aliphatic heterocycles. The fourth-order valence-corrected chi connectivity index (χ4v) is 4.94. The van der Waals surface area contributed by atoms with Gasteiger partial charge in [-0.15, -0.1) is 10.2 Å². The largest absolute Gasteiger partial charge is 0.352 e. The summed E-state index contributed by atoms with van der Waals surface area (Å²) < 4.78 is 2.04. The van der Waals surface area contributed by atoms with Gasteiger partial charge in [0, 0.05) is 43.0 Å². The van der Waals surface area contributed by atoms with Gasteiger partial charge in [-0.25, -0.2) is 9.97 Å². The van der Waals surface area contributed by atoms with Crippen LogP contribution in [0.15, 0.2) is 31.0 Å². The molecule has 0 bridgehead atoms. The Hall–Kier alpha value is -3.36. The second-order valence-corrected chi connectivity index (χ2v) is 8.55. The lowest BCUT2D eigenvalue weighted by Gasteiger charge is -2.41. The van der Waals surface area contributed by atoms with Gasteiger partial charge in [-0.2, -0.15) is 0 Å². The number of anilines is 1. The SMILES string of the molecule is CCC[C@@H]1c2nncn2-c2cnc(-c3ccncc3CNC(C)=O)nc2N1C1CCCC1. The Labute approximate surface area is 187 Å². The Morgan fingerprint density at radius 3 is 2.88 bits per heavy atom. The first-order valence-electron chi connectivity index (χ1n) is 11.4. The maximum Gasteiger partial charge on any atom is 0.217 e. The average Bonchev–Trinajstić information content (AvgIpc) is 3.50. The minimum atomic E-state index is -0.0823. The summed E-state index contributed by atoms with van der Waals surface area (Å²) in [5.74, 6) is 2.47. The summed E-state index contributed by atoms with van der Waals surface area (Å²) in [5.41, 5.74) is 2.69. The van der Waals surface area contributed by atoms with E-state index in [0.29, 0.717) is 18.4 Å². The topological polar surface area (TPSA) is 102 Å². The van der Waals surface area contributed by atoms with E-state index in [1.807, 2.05) is 16.8 Å². The summed E-state index contributed by atoms with van der Waals surface area (Å²) in [6, 6.07) is 2.50. The van der Waals surface area contributed by atoms with Crippen LogP contribution < -0.4 is 10.2 Å². The monoisotopic (exact) mass is 432 g/mol. The lowest BCUT2D eigenvalue weighted by atomic mass is 10.0. The summed E-state index contributed by atoms with van der Waals surface area (Å²) in [6.07, 6.45) is 14.0. The van der Waals surface area contributed by atoms with Gasteiger partial charge >= 0.3 is 0 Å². The van der Waals surface area contributed by atoms with Gasteiger partial charge < -0.3 is 10.2 Å². The lowest BCUT2D eigenvalue weighted by molar-refractivity contribution is -0.119. The molecule has 1 atom stereocenters. The van der Waals surface area contributed by atoms with Gasteiger partial charge in [0.15, 0.2) is 17.5 Å². The summed E-state index contributed by atoms with van der Waals surface area (Å²) in [4.78, 5) is 28.0. The molecule has 3 aromatic rings. The summed E-state index contributed by atoms with van der Waals surface area (Å²) >= 11 is 0. The molecule has 2 aliphatic rings. The number of carbonyl (C=O) groups is 1. The number of nitrogens with one attached hydrogen (secondary N) is 1. The van der Waals surface area contributed by atoms with E-state index in [2.05, 4.69) is 32.3 Å². The molecule has 4 heterocycles. The van der Waals surface area contributed by atoms with Crippen LogP contribution in [0.25, 0.3) is 17.1 Å². The normalized spacial score (nSPS) is 17.8. The van der Waals surface area contributed by atoms with Gasteiger partial charge in [0.25, 0.3) is 0 Å². The van der Waals surface area contributed by atoms with Crippen LogP contribution >= 0.6 is 0 Å². The van der Waals surface area contributed by atoms with Crippen LogP contribution in [0, 0.1) is 0 Å². The molecule has 1 amide bonds. The van der Waals surface area contributed by atoms with Crippen molar-refractivity contribution in [3.05, 3.63) is 42.4 Å². The van der Waals surface area contributed by atoms with Crippen LogP contribution in [0.3, 0.4) is 0 Å². The molecule has 0 unspecified atom stereocenters. The molecule has 1 fully saturated rings. The van der Waals surface area contributed by atoms with E-state index >= 15 is 0 Å². The lowest BCUT2D eigenvalue weighted by Crippen LogP contribution is -2.42. The first-order valence-corrected chi connectivity index (χ1v) is 11.4. The third-order valence-electron chi connectivity index (χ3n) is 6.41. The highest BCUT2D eigenvalue weighted by Crippen LogP contribution is 2.43. The summed E-state index contributed by atoms with van der Waals surface area (Å²) in [5, 5.41) is 11.5. The van der Waals surface area contributed by atoms with Crippen molar-refractivity contribution in [3.63, 3.8) is 0 Å². The molecule has 166 valence electrons. The molecule has 9 heteroatoms. The van der Waals surface area contributed by atoms with Crippen molar-refractivity contribution in [2.45, 2.75) is 71.0 Å². The van der Waals surface area contributed by atoms with Gasteiger partial charge in [-0.3, -0.25) is 14.3 Å².